The second kappa shape index (κ2) is 32.1. The quantitative estimate of drug-likeness (QED) is 0.0244. The SMILES string of the molecule is CC(C)C[C@@H](NC(=O)[C@@H](NC(=O)[C@@H](N)CC(=O)OC(C)(C)C)C(C)OC(C)(C)C)C(=O)N1C(C(=O)N[C@@H](Cc2ccc(C(C)(C)C)cc2)C(=O)N[C@@H](CCC(=O)OC(C)(C)C)CC(=O)N[C@H](CCCCNC(=O)OC(C)(C)C)C(N)=O)C(C)(C)SC1(C)C. The molecule has 1 aromatic carbocycles. The number of nitrogens with two attached hydrogens (primary N) is 2. The summed E-state index contributed by atoms with van der Waals surface area (Å²) in [5.74, 6) is -6.69. The topological polar surface area (TPSA) is 335 Å². The summed E-state index contributed by atoms with van der Waals surface area (Å²) in [6, 6.07) is -1.36. The summed E-state index contributed by atoms with van der Waals surface area (Å²) in [4.78, 5) is 139. The molecule has 1 fully saturated rings. The lowest BCUT2D eigenvalue weighted by atomic mass is 9.86. The molecule has 1 aliphatic heterocycles. The molecule has 1 heterocycles. The minimum atomic E-state index is -1.43. The van der Waals surface area contributed by atoms with Gasteiger partial charge in [-0.1, -0.05) is 58.9 Å². The van der Waals surface area contributed by atoms with Crippen molar-refractivity contribution < 1.29 is 66.9 Å². The van der Waals surface area contributed by atoms with Gasteiger partial charge in [-0.2, -0.15) is 0 Å². The molecule has 1 saturated heterocycles. The normalized spacial score (nSPS) is 17.6. The van der Waals surface area contributed by atoms with Crippen molar-refractivity contribution in [2.75, 3.05) is 6.54 Å². The number of nitrogens with one attached hydrogen (secondary N) is 6. The summed E-state index contributed by atoms with van der Waals surface area (Å²) in [5.41, 5.74) is 10.2. The summed E-state index contributed by atoms with van der Waals surface area (Å²) in [6.45, 7) is 39.5. The van der Waals surface area contributed by atoms with Gasteiger partial charge in [0.2, 0.25) is 41.4 Å². The minimum absolute atomic E-state index is 0.0630. The van der Waals surface area contributed by atoms with Crippen LogP contribution in [0.4, 0.5) is 4.79 Å². The molecule has 10 N–H and O–H groups in total. The molecule has 2 rings (SSSR count). The fourth-order valence-electron chi connectivity index (χ4n) is 10.0. The zero-order chi connectivity index (χ0) is 67.9. The number of rotatable bonds is 29. The average Bonchev–Trinajstić information content (AvgIpc) is 1.62. The van der Waals surface area contributed by atoms with Crippen LogP contribution in [0.25, 0.3) is 0 Å². The molecule has 8 atom stereocenters. The molecule has 1 aromatic rings. The highest BCUT2D eigenvalue weighted by Gasteiger charge is 2.58. The van der Waals surface area contributed by atoms with Crippen LogP contribution in [0, 0.1) is 5.92 Å². The first-order valence-corrected chi connectivity index (χ1v) is 31.5. The van der Waals surface area contributed by atoms with Crippen LogP contribution in [-0.4, -0.2) is 151 Å². The van der Waals surface area contributed by atoms with E-state index in [4.69, 9.17) is 30.4 Å². The number of carbonyl (C=O) groups is 10. The first kappa shape index (κ1) is 78.1. The van der Waals surface area contributed by atoms with Crippen LogP contribution in [0.2, 0.25) is 0 Å². The smallest absolute Gasteiger partial charge is 0.407 e. The van der Waals surface area contributed by atoms with Crippen molar-refractivity contribution in [3.05, 3.63) is 35.4 Å². The molecule has 0 aromatic heterocycles. The van der Waals surface area contributed by atoms with Gasteiger partial charge >= 0.3 is 18.0 Å². The average molecular weight is 1260 g/mol. The molecule has 23 nitrogen and oxygen atoms in total. The van der Waals surface area contributed by atoms with Crippen LogP contribution in [0.5, 0.6) is 0 Å². The van der Waals surface area contributed by atoms with Crippen molar-refractivity contribution in [3.63, 3.8) is 0 Å². The number of benzene rings is 1. The van der Waals surface area contributed by atoms with E-state index in [1.807, 2.05) is 38.1 Å². The number of amides is 8. The predicted octanol–water partition coefficient (Wildman–Crippen LogP) is 6.41. The van der Waals surface area contributed by atoms with Gasteiger partial charge in [0.15, 0.2) is 0 Å². The Bertz CT molecular complexity index is 2580. The van der Waals surface area contributed by atoms with Crippen molar-refractivity contribution >= 4 is 71.1 Å². The molecule has 0 spiro atoms. The van der Waals surface area contributed by atoms with Gasteiger partial charge in [-0.15, -0.1) is 11.8 Å². The van der Waals surface area contributed by atoms with Crippen molar-refractivity contribution in [1.82, 2.24) is 36.8 Å². The summed E-state index contributed by atoms with van der Waals surface area (Å²) in [6.07, 6.45) is -1.86. The van der Waals surface area contributed by atoms with Gasteiger partial charge < -0.3 is 67.2 Å². The van der Waals surface area contributed by atoms with Crippen LogP contribution in [0.15, 0.2) is 24.3 Å². The number of alkyl carbamates (subject to hydrolysis) is 1. The fraction of sp³-hybridized carbons (Fsp3) is 0.750. The number of nitrogens with zero attached hydrogens (tertiary/aromatic N) is 1. The fourth-order valence-corrected chi connectivity index (χ4v) is 12.0. The van der Waals surface area contributed by atoms with E-state index in [2.05, 4.69) is 52.7 Å². The lowest BCUT2D eigenvalue weighted by molar-refractivity contribution is -0.156. The second-order valence-electron chi connectivity index (χ2n) is 29.5. The summed E-state index contributed by atoms with van der Waals surface area (Å²) in [5, 5.41) is 16.7. The Morgan fingerprint density at radius 3 is 1.69 bits per heavy atom. The van der Waals surface area contributed by atoms with Crippen LogP contribution in [0.3, 0.4) is 0 Å². The van der Waals surface area contributed by atoms with Crippen LogP contribution >= 0.6 is 11.8 Å². The minimum Gasteiger partial charge on any atom is -0.460 e. The highest BCUT2D eigenvalue weighted by atomic mass is 32.2. The molecule has 0 bridgehead atoms. The van der Waals surface area contributed by atoms with E-state index in [9.17, 15) is 33.6 Å². The molecule has 0 aliphatic carbocycles. The zero-order valence-corrected chi connectivity index (χ0v) is 57.6. The Morgan fingerprint density at radius 1 is 0.625 bits per heavy atom. The van der Waals surface area contributed by atoms with Gasteiger partial charge in [0.1, 0.15) is 47.0 Å². The Hall–Kier alpha value is -6.01. The van der Waals surface area contributed by atoms with E-state index in [0.717, 1.165) is 5.56 Å². The third-order valence-electron chi connectivity index (χ3n) is 13.6. The molecule has 88 heavy (non-hydrogen) atoms. The molecule has 24 heteroatoms. The Labute approximate surface area is 528 Å². The summed E-state index contributed by atoms with van der Waals surface area (Å²) in [7, 11) is 0. The molecule has 8 amide bonds. The monoisotopic (exact) mass is 1260 g/mol. The van der Waals surface area contributed by atoms with E-state index in [1.165, 1.54) is 16.7 Å². The lowest BCUT2D eigenvalue weighted by Gasteiger charge is -2.39. The number of thioether (sulfide) groups is 1. The Balaban J connectivity index is 2.68. The van der Waals surface area contributed by atoms with Gasteiger partial charge in [0, 0.05) is 36.6 Å². The van der Waals surface area contributed by atoms with Gasteiger partial charge in [-0.25, -0.2) is 4.79 Å². The molecule has 0 saturated carbocycles. The van der Waals surface area contributed by atoms with E-state index in [1.54, 1.807) is 118 Å². The molecule has 1 aliphatic rings. The van der Waals surface area contributed by atoms with E-state index in [0.29, 0.717) is 18.4 Å². The number of hydrogen-bond donors (Lipinski definition) is 8. The van der Waals surface area contributed by atoms with E-state index >= 15 is 14.4 Å². The summed E-state index contributed by atoms with van der Waals surface area (Å²) < 4.78 is 21.4. The molecular weight excluding hydrogens is 1150 g/mol. The molecule has 0 radical (unpaired) electrons. The lowest BCUT2D eigenvalue weighted by Crippen LogP contribution is -2.64. The number of primary amides is 1. The highest BCUT2D eigenvalue weighted by molar-refractivity contribution is 8.02. The largest absolute Gasteiger partial charge is 0.460 e. The number of esters is 2. The maximum Gasteiger partial charge on any atom is 0.407 e. The first-order chi connectivity index (χ1) is 39.9. The predicted molar refractivity (Wildman–Crippen MR) is 340 cm³/mol. The highest BCUT2D eigenvalue weighted by Crippen LogP contribution is 2.51. The van der Waals surface area contributed by atoms with Gasteiger partial charge in [0.05, 0.1) is 29.0 Å². The molecule has 500 valence electrons. The zero-order valence-electron chi connectivity index (χ0n) is 56.8. The van der Waals surface area contributed by atoms with Crippen molar-refractivity contribution in [2.45, 2.75) is 296 Å². The standard InChI is InChI=1S/C64H109N9O14S/c1-37(2)33-45(71-54(80)49(38(3)84-59(7,8)9)72-52(78)42(65)36-48(76)86-61(13,14)15)56(82)73-50(63(19,20)88-64(73,21)22)55(81)70-44(34-39-26-28-40(29-27-39)58(4,5)6)53(79)68-41(30-31-47(75)85-60(10,11)12)35-46(74)69-43(51(66)77)25-23-24-32-67-57(83)87-62(16,17)18/h26-29,37-38,41-45,49-50H,23-25,30-36,65H2,1-22H3,(H2,66,77)(H,67,83)(H,68,79)(H,69,74)(H,70,81)(H,71,80)(H,72,78)/t38?,41-,42-,43+,44-,45+,49-,50?/m0/s1. The molecular formula is C64H109N9O14S. The first-order valence-electron chi connectivity index (χ1n) is 30.7. The maximum absolute atomic E-state index is 15.5. The number of ether oxygens (including phenoxy) is 4. The third-order valence-corrected chi connectivity index (χ3v) is 15.0. The van der Waals surface area contributed by atoms with Crippen molar-refractivity contribution in [3.8, 4) is 0 Å². The van der Waals surface area contributed by atoms with Crippen LogP contribution in [-0.2, 0) is 73.9 Å². The van der Waals surface area contributed by atoms with E-state index < -0.39 is 153 Å². The number of carbonyl (C=O) groups excluding carboxylic acids is 10. The van der Waals surface area contributed by atoms with Crippen LogP contribution in [0.1, 0.15) is 215 Å². The van der Waals surface area contributed by atoms with Gasteiger partial charge in [0.25, 0.3) is 0 Å². The van der Waals surface area contributed by atoms with Crippen LogP contribution < -0.4 is 43.4 Å². The maximum atomic E-state index is 15.5. The number of unbranched alkanes of at least 4 members (excludes halogenated alkanes) is 1. The second-order valence-corrected chi connectivity index (χ2v) is 31.7. The third kappa shape index (κ3) is 28.2. The molecule has 2 unspecified atom stereocenters. The summed E-state index contributed by atoms with van der Waals surface area (Å²) >= 11 is 1.34. The van der Waals surface area contributed by atoms with Crippen molar-refractivity contribution in [2.24, 2.45) is 17.4 Å². The van der Waals surface area contributed by atoms with Gasteiger partial charge in [-0.05, 0) is 172 Å². The Morgan fingerprint density at radius 2 is 1.18 bits per heavy atom. The Kier molecular flexibility index (Phi) is 28.5. The number of hydrogen-bond acceptors (Lipinski definition) is 16. The van der Waals surface area contributed by atoms with E-state index in [-0.39, 0.29) is 50.0 Å². The van der Waals surface area contributed by atoms with Crippen molar-refractivity contribution in [1.29, 1.82) is 0 Å². The van der Waals surface area contributed by atoms with Gasteiger partial charge in [-0.3, -0.25) is 43.2 Å².